The molecule has 0 saturated carbocycles. The van der Waals surface area contributed by atoms with Crippen molar-refractivity contribution in [1.29, 1.82) is 0 Å². The van der Waals surface area contributed by atoms with Gasteiger partial charge in [0.05, 0.1) is 6.61 Å². The van der Waals surface area contributed by atoms with E-state index in [1.807, 2.05) is 36.4 Å². The van der Waals surface area contributed by atoms with Gasteiger partial charge in [0.2, 0.25) is 5.91 Å². The van der Waals surface area contributed by atoms with Gasteiger partial charge in [-0.05, 0) is 42.3 Å². The third kappa shape index (κ3) is 7.44. The van der Waals surface area contributed by atoms with Gasteiger partial charge in [-0.2, -0.15) is 0 Å². The lowest BCUT2D eigenvalue weighted by molar-refractivity contribution is -0.111. The number of hydrogen-bond donors (Lipinski definition) is 1. The molecule has 0 atom stereocenters. The van der Waals surface area contributed by atoms with Crippen LogP contribution in [0.2, 0.25) is 5.02 Å². The lowest BCUT2D eigenvalue weighted by Gasteiger charge is -2.08. The molecular weight excluding hydrogens is 334 g/mol. The number of carbonyl (C=O) groups is 1. The summed E-state index contributed by atoms with van der Waals surface area (Å²) in [6.45, 7) is 2.89. The number of ether oxygens (including phenoxy) is 1. The van der Waals surface area contributed by atoms with Gasteiger partial charge in [-0.1, -0.05) is 56.0 Å². The van der Waals surface area contributed by atoms with E-state index in [2.05, 4.69) is 12.2 Å². The van der Waals surface area contributed by atoms with Crippen LogP contribution in [-0.2, 0) is 4.79 Å². The highest BCUT2D eigenvalue weighted by molar-refractivity contribution is 6.30. The summed E-state index contributed by atoms with van der Waals surface area (Å²) in [5, 5.41) is 3.52. The largest absolute Gasteiger partial charge is 0.494 e. The molecule has 2 rings (SSSR count). The van der Waals surface area contributed by atoms with Crippen molar-refractivity contribution in [2.24, 2.45) is 0 Å². The summed E-state index contributed by atoms with van der Waals surface area (Å²) in [6.07, 6.45) is 7.93. The Morgan fingerprint density at radius 1 is 1.12 bits per heavy atom. The standard InChI is InChI=1S/C21H24ClNO2/c1-2-3-4-5-15-25-20-8-6-7-19(16-20)23-21(24)14-11-17-9-12-18(22)13-10-17/h6-14,16H,2-5,15H2,1H3,(H,23,24)/b14-11+. The number of benzene rings is 2. The molecule has 0 spiro atoms. The lowest BCUT2D eigenvalue weighted by Crippen LogP contribution is -2.08. The highest BCUT2D eigenvalue weighted by Gasteiger charge is 2.01. The Labute approximate surface area is 154 Å². The molecule has 0 fully saturated rings. The van der Waals surface area contributed by atoms with Gasteiger partial charge < -0.3 is 10.1 Å². The van der Waals surface area contributed by atoms with Crippen molar-refractivity contribution in [2.45, 2.75) is 32.6 Å². The first kappa shape index (κ1) is 19.1. The summed E-state index contributed by atoms with van der Waals surface area (Å²) < 4.78 is 5.73. The molecule has 2 aromatic rings. The van der Waals surface area contributed by atoms with Crippen molar-refractivity contribution >= 4 is 29.3 Å². The third-order valence-corrected chi connectivity index (χ3v) is 3.92. The predicted molar refractivity (Wildman–Crippen MR) is 105 cm³/mol. The van der Waals surface area contributed by atoms with Crippen LogP contribution in [0.25, 0.3) is 6.08 Å². The number of hydrogen-bond acceptors (Lipinski definition) is 2. The minimum Gasteiger partial charge on any atom is -0.494 e. The van der Waals surface area contributed by atoms with Crippen LogP contribution >= 0.6 is 11.6 Å². The van der Waals surface area contributed by atoms with Gasteiger partial charge >= 0.3 is 0 Å². The second kappa shape index (κ2) is 10.6. The van der Waals surface area contributed by atoms with E-state index >= 15 is 0 Å². The van der Waals surface area contributed by atoms with E-state index < -0.39 is 0 Å². The summed E-state index contributed by atoms with van der Waals surface area (Å²) in [6, 6.07) is 14.8. The molecule has 1 amide bonds. The van der Waals surface area contributed by atoms with Crippen LogP contribution in [0.3, 0.4) is 0 Å². The van der Waals surface area contributed by atoms with Crippen LogP contribution < -0.4 is 10.1 Å². The molecule has 0 unspecified atom stereocenters. The molecule has 4 heteroatoms. The van der Waals surface area contributed by atoms with Gasteiger partial charge in [-0.15, -0.1) is 0 Å². The van der Waals surface area contributed by atoms with Crippen LogP contribution in [0.15, 0.2) is 54.6 Å². The van der Waals surface area contributed by atoms with Gasteiger partial charge in [0.25, 0.3) is 0 Å². The van der Waals surface area contributed by atoms with E-state index in [0.717, 1.165) is 23.4 Å². The van der Waals surface area contributed by atoms with Crippen LogP contribution in [0.5, 0.6) is 5.75 Å². The molecule has 3 nitrogen and oxygen atoms in total. The zero-order chi connectivity index (χ0) is 17.9. The van der Waals surface area contributed by atoms with Gasteiger partial charge in [0.1, 0.15) is 5.75 Å². The number of amides is 1. The van der Waals surface area contributed by atoms with E-state index in [9.17, 15) is 4.79 Å². The van der Waals surface area contributed by atoms with Crippen molar-refractivity contribution < 1.29 is 9.53 Å². The topological polar surface area (TPSA) is 38.3 Å². The zero-order valence-electron chi connectivity index (χ0n) is 14.5. The number of halogens is 1. The predicted octanol–water partition coefficient (Wildman–Crippen LogP) is 5.95. The molecule has 0 aromatic heterocycles. The SMILES string of the molecule is CCCCCCOc1cccc(NC(=O)/C=C/c2ccc(Cl)cc2)c1. The summed E-state index contributed by atoms with van der Waals surface area (Å²) in [4.78, 5) is 12.0. The van der Waals surface area contributed by atoms with Crippen LogP contribution in [0.4, 0.5) is 5.69 Å². The smallest absolute Gasteiger partial charge is 0.248 e. The molecule has 0 aliphatic carbocycles. The maximum Gasteiger partial charge on any atom is 0.248 e. The minimum atomic E-state index is -0.185. The van der Waals surface area contributed by atoms with E-state index in [0.29, 0.717) is 11.6 Å². The molecule has 2 aromatic carbocycles. The highest BCUT2D eigenvalue weighted by atomic mass is 35.5. The Morgan fingerprint density at radius 3 is 2.68 bits per heavy atom. The Bertz CT molecular complexity index is 695. The summed E-state index contributed by atoms with van der Waals surface area (Å²) in [5.41, 5.74) is 1.64. The summed E-state index contributed by atoms with van der Waals surface area (Å²) >= 11 is 5.84. The van der Waals surface area contributed by atoms with Gasteiger partial charge in [0, 0.05) is 22.9 Å². The Morgan fingerprint density at radius 2 is 1.92 bits per heavy atom. The van der Waals surface area contributed by atoms with Gasteiger partial charge in [-0.25, -0.2) is 0 Å². The molecule has 132 valence electrons. The number of unbranched alkanes of at least 4 members (excludes halogenated alkanes) is 3. The van der Waals surface area contributed by atoms with Crippen LogP contribution in [0, 0.1) is 0 Å². The minimum absolute atomic E-state index is 0.185. The lowest BCUT2D eigenvalue weighted by atomic mass is 10.2. The molecule has 0 saturated heterocycles. The number of carbonyl (C=O) groups excluding carboxylic acids is 1. The summed E-state index contributed by atoms with van der Waals surface area (Å²) in [5.74, 6) is 0.589. The molecule has 0 aliphatic rings. The van der Waals surface area contributed by atoms with E-state index in [-0.39, 0.29) is 5.91 Å². The fraction of sp³-hybridized carbons (Fsp3) is 0.286. The second-order valence-corrected chi connectivity index (χ2v) is 6.25. The molecule has 0 bridgehead atoms. The maximum atomic E-state index is 12.0. The molecule has 0 radical (unpaired) electrons. The number of anilines is 1. The Balaban J connectivity index is 1.83. The quantitative estimate of drug-likeness (QED) is 0.444. The molecule has 0 heterocycles. The number of nitrogens with one attached hydrogen (secondary N) is 1. The van der Waals surface area contributed by atoms with Crippen LogP contribution in [-0.4, -0.2) is 12.5 Å². The van der Waals surface area contributed by atoms with Crippen molar-refractivity contribution in [2.75, 3.05) is 11.9 Å². The number of rotatable bonds is 9. The molecule has 1 N–H and O–H groups in total. The molecule has 0 aliphatic heterocycles. The van der Waals surface area contributed by atoms with Crippen molar-refractivity contribution in [3.8, 4) is 5.75 Å². The van der Waals surface area contributed by atoms with E-state index in [4.69, 9.17) is 16.3 Å². The Kier molecular flexibility index (Phi) is 8.06. The van der Waals surface area contributed by atoms with E-state index in [1.54, 1.807) is 18.2 Å². The average Bonchev–Trinajstić information content (AvgIpc) is 2.61. The second-order valence-electron chi connectivity index (χ2n) is 5.81. The molecule has 25 heavy (non-hydrogen) atoms. The fourth-order valence-electron chi connectivity index (χ4n) is 2.31. The summed E-state index contributed by atoms with van der Waals surface area (Å²) in [7, 11) is 0. The monoisotopic (exact) mass is 357 g/mol. The van der Waals surface area contributed by atoms with E-state index in [1.165, 1.54) is 25.3 Å². The van der Waals surface area contributed by atoms with Crippen molar-refractivity contribution in [3.05, 3.63) is 65.2 Å². The van der Waals surface area contributed by atoms with Gasteiger partial charge in [0.15, 0.2) is 0 Å². The normalized spacial score (nSPS) is 10.8. The third-order valence-electron chi connectivity index (χ3n) is 3.67. The Hall–Kier alpha value is -2.26. The maximum absolute atomic E-state index is 12.0. The molecular formula is C21H24ClNO2. The van der Waals surface area contributed by atoms with Crippen molar-refractivity contribution in [3.63, 3.8) is 0 Å². The first-order chi connectivity index (χ1) is 12.2. The van der Waals surface area contributed by atoms with Gasteiger partial charge in [-0.3, -0.25) is 4.79 Å². The van der Waals surface area contributed by atoms with Crippen molar-refractivity contribution in [1.82, 2.24) is 0 Å². The fourth-order valence-corrected chi connectivity index (χ4v) is 2.44. The highest BCUT2D eigenvalue weighted by Crippen LogP contribution is 2.18. The van der Waals surface area contributed by atoms with Crippen LogP contribution in [0.1, 0.15) is 38.2 Å². The average molecular weight is 358 g/mol. The first-order valence-corrected chi connectivity index (χ1v) is 9.02. The first-order valence-electron chi connectivity index (χ1n) is 8.65. The zero-order valence-corrected chi connectivity index (χ0v) is 15.3.